The molecule has 0 aliphatic rings. The number of hydrogen-bond donors (Lipinski definition) is 1. The second-order valence-corrected chi connectivity index (χ2v) is 2.50. The minimum atomic E-state index is -0.781. The monoisotopic (exact) mass is 144 g/mol. The van der Waals surface area contributed by atoms with Crippen LogP contribution in [0.1, 0.15) is 13.3 Å². The van der Waals surface area contributed by atoms with Gasteiger partial charge in [0.05, 0.1) is 5.92 Å². The third kappa shape index (κ3) is 3.45. The van der Waals surface area contributed by atoms with Crippen molar-refractivity contribution in [2.24, 2.45) is 0 Å². The zero-order valence-corrected chi connectivity index (χ0v) is 6.72. The predicted octanol–water partition coefficient (Wildman–Crippen LogP) is 0.617. The van der Waals surface area contributed by atoms with Crippen molar-refractivity contribution in [2.45, 2.75) is 13.3 Å². The highest BCUT2D eigenvalue weighted by molar-refractivity contribution is 5.82. The van der Waals surface area contributed by atoms with Crippen molar-refractivity contribution >= 4 is 5.97 Å². The molecule has 0 aromatic carbocycles. The number of aliphatic carboxylic acids is 1. The third-order valence-electron chi connectivity index (χ3n) is 1.24. The van der Waals surface area contributed by atoms with Crippen LogP contribution in [0, 0.1) is 5.92 Å². The molecule has 59 valence electrons. The van der Waals surface area contributed by atoms with Crippen LogP contribution in [0.4, 0.5) is 0 Å². The van der Waals surface area contributed by atoms with Crippen molar-refractivity contribution in [1.29, 1.82) is 0 Å². The van der Waals surface area contributed by atoms with E-state index in [9.17, 15) is 4.79 Å². The van der Waals surface area contributed by atoms with Gasteiger partial charge < -0.3 is 10.0 Å². The summed E-state index contributed by atoms with van der Waals surface area (Å²) in [6, 6.07) is 0. The number of carbonyl (C=O) groups is 1. The van der Waals surface area contributed by atoms with Gasteiger partial charge in [-0.1, -0.05) is 6.92 Å². The molecule has 0 spiro atoms. The first-order valence-electron chi connectivity index (χ1n) is 3.30. The molecule has 0 aliphatic carbocycles. The van der Waals surface area contributed by atoms with Crippen LogP contribution in [-0.4, -0.2) is 36.6 Å². The van der Waals surface area contributed by atoms with Crippen molar-refractivity contribution in [3.8, 4) is 0 Å². The highest BCUT2D eigenvalue weighted by Gasteiger charge is 2.15. The maximum absolute atomic E-state index is 10.4. The SMILES string of the molecule is CC[C](CN(C)C)C(=O)O. The molecular weight excluding hydrogens is 130 g/mol. The quantitative estimate of drug-likeness (QED) is 0.628. The van der Waals surface area contributed by atoms with Crippen LogP contribution < -0.4 is 0 Å². The number of carboxylic acid groups (broad SMARTS) is 1. The Hall–Kier alpha value is -0.570. The van der Waals surface area contributed by atoms with E-state index in [2.05, 4.69) is 0 Å². The molecule has 0 heterocycles. The van der Waals surface area contributed by atoms with Gasteiger partial charge in [-0.2, -0.15) is 0 Å². The van der Waals surface area contributed by atoms with Crippen LogP contribution >= 0.6 is 0 Å². The highest BCUT2D eigenvalue weighted by atomic mass is 16.4. The molecule has 0 fully saturated rings. The molecule has 0 amide bonds. The van der Waals surface area contributed by atoms with Gasteiger partial charge >= 0.3 is 5.97 Å². The topological polar surface area (TPSA) is 40.5 Å². The van der Waals surface area contributed by atoms with Gasteiger partial charge in [-0.3, -0.25) is 4.79 Å². The van der Waals surface area contributed by atoms with Gasteiger partial charge in [0.25, 0.3) is 0 Å². The van der Waals surface area contributed by atoms with E-state index in [1.807, 2.05) is 25.9 Å². The van der Waals surface area contributed by atoms with Crippen LogP contribution in [0.3, 0.4) is 0 Å². The summed E-state index contributed by atoms with van der Waals surface area (Å²) in [7, 11) is 3.72. The van der Waals surface area contributed by atoms with Gasteiger partial charge in [-0.15, -0.1) is 0 Å². The maximum atomic E-state index is 10.4. The summed E-state index contributed by atoms with van der Waals surface area (Å²) >= 11 is 0. The Morgan fingerprint density at radius 1 is 1.50 bits per heavy atom. The third-order valence-corrected chi connectivity index (χ3v) is 1.24. The fraction of sp³-hybridized carbons (Fsp3) is 0.714. The molecule has 0 bridgehead atoms. The van der Waals surface area contributed by atoms with Gasteiger partial charge in [0, 0.05) is 6.54 Å². The van der Waals surface area contributed by atoms with Crippen LogP contribution in [0.15, 0.2) is 0 Å². The molecule has 0 rings (SSSR count). The van der Waals surface area contributed by atoms with E-state index in [1.54, 1.807) is 0 Å². The molecule has 0 saturated carbocycles. The zero-order valence-electron chi connectivity index (χ0n) is 6.72. The minimum absolute atomic E-state index is 0.547. The van der Waals surface area contributed by atoms with Crippen molar-refractivity contribution < 1.29 is 9.90 Å². The Morgan fingerprint density at radius 3 is 2.10 bits per heavy atom. The summed E-state index contributed by atoms with van der Waals surface area (Å²) < 4.78 is 0. The normalized spacial score (nSPS) is 10.9. The molecule has 0 unspecified atom stereocenters. The predicted molar refractivity (Wildman–Crippen MR) is 39.7 cm³/mol. The number of rotatable bonds is 4. The number of nitrogens with zero attached hydrogens (tertiary/aromatic N) is 1. The summed E-state index contributed by atoms with van der Waals surface area (Å²) in [6.07, 6.45) is 0.619. The lowest BCUT2D eigenvalue weighted by atomic mass is 10.1. The molecule has 10 heavy (non-hydrogen) atoms. The minimum Gasteiger partial charge on any atom is -0.481 e. The molecule has 0 aliphatic heterocycles. The number of carboxylic acids is 1. The van der Waals surface area contributed by atoms with Gasteiger partial charge in [0.15, 0.2) is 0 Å². The van der Waals surface area contributed by atoms with E-state index >= 15 is 0 Å². The Morgan fingerprint density at radius 2 is 2.00 bits per heavy atom. The standard InChI is InChI=1S/C7H14NO2/c1-4-6(7(9)10)5-8(2)3/h4-5H2,1-3H3,(H,9,10). The summed E-state index contributed by atoms with van der Waals surface area (Å²) in [5, 5.41) is 8.56. The molecular formula is C7H14NO2. The van der Waals surface area contributed by atoms with Gasteiger partial charge in [-0.25, -0.2) is 0 Å². The molecule has 3 nitrogen and oxygen atoms in total. The molecule has 1 radical (unpaired) electrons. The van der Waals surface area contributed by atoms with Crippen LogP contribution in [0.25, 0.3) is 0 Å². The van der Waals surface area contributed by atoms with Crippen LogP contribution in [0.5, 0.6) is 0 Å². The summed E-state index contributed by atoms with van der Waals surface area (Å²) in [5.74, 6) is -0.221. The first-order valence-corrected chi connectivity index (χ1v) is 3.30. The highest BCUT2D eigenvalue weighted by Crippen LogP contribution is 2.05. The summed E-state index contributed by atoms with van der Waals surface area (Å²) in [5.41, 5.74) is 0. The average Bonchev–Trinajstić information content (AvgIpc) is 1.81. The van der Waals surface area contributed by atoms with Crippen molar-refractivity contribution in [2.75, 3.05) is 20.6 Å². The van der Waals surface area contributed by atoms with Crippen LogP contribution in [0.2, 0.25) is 0 Å². The summed E-state index contributed by atoms with van der Waals surface area (Å²) in [4.78, 5) is 12.3. The van der Waals surface area contributed by atoms with Crippen molar-refractivity contribution in [3.63, 3.8) is 0 Å². The Labute approximate surface area is 61.6 Å². The Balaban J connectivity index is 3.72. The van der Waals surface area contributed by atoms with E-state index in [-0.39, 0.29) is 0 Å². The fourth-order valence-corrected chi connectivity index (χ4v) is 0.712. The second kappa shape index (κ2) is 4.28. The van der Waals surface area contributed by atoms with E-state index in [1.165, 1.54) is 0 Å². The number of hydrogen-bond acceptors (Lipinski definition) is 2. The van der Waals surface area contributed by atoms with E-state index in [0.717, 1.165) is 0 Å². The smallest absolute Gasteiger partial charge is 0.312 e. The molecule has 3 heteroatoms. The van der Waals surface area contributed by atoms with Crippen LogP contribution in [-0.2, 0) is 4.79 Å². The maximum Gasteiger partial charge on any atom is 0.312 e. The molecule has 0 aromatic heterocycles. The fourth-order valence-electron chi connectivity index (χ4n) is 0.712. The van der Waals surface area contributed by atoms with E-state index in [4.69, 9.17) is 5.11 Å². The largest absolute Gasteiger partial charge is 0.481 e. The molecule has 0 saturated heterocycles. The lowest BCUT2D eigenvalue weighted by Crippen LogP contribution is -2.25. The summed E-state index contributed by atoms with van der Waals surface area (Å²) in [6.45, 7) is 2.40. The Kier molecular flexibility index (Phi) is 4.03. The first-order chi connectivity index (χ1) is 4.57. The second-order valence-electron chi connectivity index (χ2n) is 2.50. The Bertz CT molecular complexity index is 112. The first kappa shape index (κ1) is 9.43. The molecule has 0 aromatic rings. The van der Waals surface area contributed by atoms with Crippen molar-refractivity contribution in [3.05, 3.63) is 5.92 Å². The van der Waals surface area contributed by atoms with E-state index < -0.39 is 5.97 Å². The molecule has 0 atom stereocenters. The lowest BCUT2D eigenvalue weighted by Gasteiger charge is -2.13. The van der Waals surface area contributed by atoms with Gasteiger partial charge in [0.1, 0.15) is 0 Å². The van der Waals surface area contributed by atoms with Gasteiger partial charge in [0.2, 0.25) is 0 Å². The zero-order chi connectivity index (χ0) is 8.15. The van der Waals surface area contributed by atoms with Crippen molar-refractivity contribution in [1.82, 2.24) is 4.90 Å². The lowest BCUT2D eigenvalue weighted by molar-refractivity contribution is -0.135. The van der Waals surface area contributed by atoms with Gasteiger partial charge in [-0.05, 0) is 20.5 Å². The van der Waals surface area contributed by atoms with E-state index in [0.29, 0.717) is 18.9 Å². The average molecular weight is 144 g/mol. The molecule has 1 N–H and O–H groups in total.